The van der Waals surface area contributed by atoms with Crippen molar-refractivity contribution in [3.63, 3.8) is 0 Å². The average molecular weight is 338 g/mol. The van der Waals surface area contributed by atoms with E-state index in [1.54, 1.807) is 6.08 Å². The number of carbonyl (C=O) groups is 1. The van der Waals surface area contributed by atoms with Crippen LogP contribution in [-0.4, -0.2) is 5.78 Å². The van der Waals surface area contributed by atoms with Crippen LogP contribution >= 0.6 is 0 Å². The second-order valence-electron chi connectivity index (χ2n) is 6.83. The molecule has 26 heavy (non-hydrogen) atoms. The summed E-state index contributed by atoms with van der Waals surface area (Å²) in [7, 11) is 0. The molecule has 0 saturated heterocycles. The molecule has 0 amide bonds. The van der Waals surface area contributed by atoms with E-state index in [9.17, 15) is 4.79 Å². The number of hydrogen-bond acceptors (Lipinski definition) is 1. The van der Waals surface area contributed by atoms with Gasteiger partial charge in [-0.25, -0.2) is 0 Å². The van der Waals surface area contributed by atoms with Gasteiger partial charge in [0.2, 0.25) is 0 Å². The zero-order chi connectivity index (χ0) is 17.9. The standard InChI is InChI=1S/C25H22O/c1-2-20(26)16-15-18-11-13-19(14-12-18)17-25-23-9-5-3-7-21(23)22-8-4-6-10-24(22)25/h3-16,25H,2,17H2,1H3/b16-15+. The molecule has 0 unspecified atom stereocenters. The van der Waals surface area contributed by atoms with Gasteiger partial charge in [0, 0.05) is 12.3 Å². The molecule has 0 aliphatic heterocycles. The SMILES string of the molecule is CCC(=O)/C=C/c1ccc(CC2c3ccccc3-c3ccccc32)cc1. The van der Waals surface area contributed by atoms with Crippen LogP contribution in [0.3, 0.4) is 0 Å². The first-order valence-electron chi connectivity index (χ1n) is 9.24. The van der Waals surface area contributed by atoms with Crippen LogP contribution in [-0.2, 0) is 11.2 Å². The highest BCUT2D eigenvalue weighted by Crippen LogP contribution is 2.45. The summed E-state index contributed by atoms with van der Waals surface area (Å²) in [6.07, 6.45) is 5.11. The molecule has 1 aliphatic rings. The van der Waals surface area contributed by atoms with Crippen molar-refractivity contribution < 1.29 is 4.79 Å². The van der Waals surface area contributed by atoms with Gasteiger partial charge in [0.25, 0.3) is 0 Å². The number of hydrogen-bond donors (Lipinski definition) is 0. The molecule has 0 saturated carbocycles. The minimum absolute atomic E-state index is 0.160. The van der Waals surface area contributed by atoms with Crippen LogP contribution < -0.4 is 0 Å². The largest absolute Gasteiger partial charge is 0.295 e. The Kier molecular flexibility index (Phi) is 4.53. The highest BCUT2D eigenvalue weighted by molar-refractivity contribution is 5.93. The fraction of sp³-hybridized carbons (Fsp3) is 0.160. The van der Waals surface area contributed by atoms with Gasteiger partial charge < -0.3 is 0 Å². The molecule has 4 rings (SSSR count). The van der Waals surface area contributed by atoms with Crippen LogP contribution in [0.4, 0.5) is 0 Å². The minimum atomic E-state index is 0.160. The first-order chi connectivity index (χ1) is 12.8. The summed E-state index contributed by atoms with van der Waals surface area (Å²) in [6.45, 7) is 1.88. The maximum Gasteiger partial charge on any atom is 0.155 e. The summed E-state index contributed by atoms with van der Waals surface area (Å²) < 4.78 is 0. The van der Waals surface area contributed by atoms with Gasteiger partial charge in [0.05, 0.1) is 0 Å². The van der Waals surface area contributed by atoms with Crippen LogP contribution in [0.25, 0.3) is 17.2 Å². The average Bonchev–Trinajstić information content (AvgIpc) is 3.01. The minimum Gasteiger partial charge on any atom is -0.295 e. The molecule has 0 heterocycles. The molecular formula is C25H22O. The van der Waals surface area contributed by atoms with Gasteiger partial charge in [-0.05, 0) is 45.9 Å². The Hall–Kier alpha value is -2.93. The normalized spacial score (nSPS) is 13.0. The molecule has 3 aromatic carbocycles. The molecule has 1 heteroatoms. The molecule has 0 aromatic heterocycles. The fourth-order valence-corrected chi connectivity index (χ4v) is 3.79. The van der Waals surface area contributed by atoms with Gasteiger partial charge >= 0.3 is 0 Å². The molecule has 128 valence electrons. The maximum atomic E-state index is 11.4. The van der Waals surface area contributed by atoms with Crippen molar-refractivity contribution in [2.45, 2.75) is 25.7 Å². The van der Waals surface area contributed by atoms with Gasteiger partial charge in [-0.1, -0.05) is 85.8 Å². The Morgan fingerprint density at radius 3 is 2.00 bits per heavy atom. The number of fused-ring (bicyclic) bond motifs is 3. The lowest BCUT2D eigenvalue weighted by molar-refractivity contribution is -0.114. The predicted octanol–water partition coefficient (Wildman–Crippen LogP) is 6.03. The van der Waals surface area contributed by atoms with E-state index in [2.05, 4.69) is 72.8 Å². The lowest BCUT2D eigenvalue weighted by atomic mass is 9.90. The first kappa shape index (κ1) is 16.5. The number of carbonyl (C=O) groups excluding carboxylic acids is 1. The summed E-state index contributed by atoms with van der Waals surface area (Å²) in [6, 6.07) is 26.0. The molecule has 0 bridgehead atoms. The predicted molar refractivity (Wildman–Crippen MR) is 108 cm³/mol. The molecular weight excluding hydrogens is 316 g/mol. The summed E-state index contributed by atoms with van der Waals surface area (Å²) in [4.78, 5) is 11.4. The van der Waals surface area contributed by atoms with Crippen LogP contribution in [0.15, 0.2) is 78.9 Å². The monoisotopic (exact) mass is 338 g/mol. The van der Waals surface area contributed by atoms with E-state index >= 15 is 0 Å². The summed E-state index contributed by atoms with van der Waals surface area (Å²) in [5.74, 6) is 0.568. The number of rotatable bonds is 5. The van der Waals surface area contributed by atoms with E-state index < -0.39 is 0 Å². The molecule has 0 radical (unpaired) electrons. The third-order valence-corrected chi connectivity index (χ3v) is 5.19. The van der Waals surface area contributed by atoms with Gasteiger partial charge in [-0.3, -0.25) is 4.79 Å². The molecule has 1 aliphatic carbocycles. The Morgan fingerprint density at radius 1 is 0.846 bits per heavy atom. The molecule has 0 fully saturated rings. The topological polar surface area (TPSA) is 17.1 Å². The van der Waals surface area contributed by atoms with Crippen LogP contribution in [0.5, 0.6) is 0 Å². The maximum absolute atomic E-state index is 11.4. The van der Waals surface area contributed by atoms with Gasteiger partial charge in [-0.2, -0.15) is 0 Å². The second kappa shape index (κ2) is 7.13. The summed E-state index contributed by atoms with van der Waals surface area (Å²) in [5, 5.41) is 0. The van der Waals surface area contributed by atoms with Crippen molar-refractivity contribution in [3.8, 4) is 11.1 Å². The molecule has 0 spiro atoms. The van der Waals surface area contributed by atoms with E-state index in [4.69, 9.17) is 0 Å². The van der Waals surface area contributed by atoms with E-state index in [0.29, 0.717) is 12.3 Å². The Balaban J connectivity index is 1.60. The third-order valence-electron chi connectivity index (χ3n) is 5.19. The van der Waals surface area contributed by atoms with E-state index in [-0.39, 0.29) is 5.78 Å². The first-order valence-corrected chi connectivity index (χ1v) is 9.24. The highest BCUT2D eigenvalue weighted by atomic mass is 16.1. The Bertz CT molecular complexity index is 918. The number of allylic oxidation sites excluding steroid dienone is 1. The third kappa shape index (κ3) is 3.13. The zero-order valence-corrected chi connectivity index (χ0v) is 15.0. The van der Waals surface area contributed by atoms with Crippen molar-refractivity contribution in [1.29, 1.82) is 0 Å². The van der Waals surface area contributed by atoms with Crippen molar-refractivity contribution in [2.24, 2.45) is 0 Å². The van der Waals surface area contributed by atoms with Gasteiger partial charge in [0.1, 0.15) is 0 Å². The van der Waals surface area contributed by atoms with Crippen LogP contribution in [0.2, 0.25) is 0 Å². The van der Waals surface area contributed by atoms with Crippen LogP contribution in [0.1, 0.15) is 41.5 Å². The number of benzene rings is 3. The zero-order valence-electron chi connectivity index (χ0n) is 15.0. The molecule has 1 nitrogen and oxygen atoms in total. The van der Waals surface area contributed by atoms with E-state index in [1.165, 1.54) is 27.8 Å². The van der Waals surface area contributed by atoms with Crippen molar-refractivity contribution in [1.82, 2.24) is 0 Å². The Labute approximate surface area is 155 Å². The second-order valence-corrected chi connectivity index (χ2v) is 6.83. The molecule has 0 atom stereocenters. The number of ketones is 1. The molecule has 3 aromatic rings. The fourth-order valence-electron chi connectivity index (χ4n) is 3.79. The van der Waals surface area contributed by atoms with Crippen molar-refractivity contribution in [3.05, 3.63) is 101 Å². The lowest BCUT2D eigenvalue weighted by Gasteiger charge is -2.14. The summed E-state index contributed by atoms with van der Waals surface area (Å²) in [5.41, 5.74) is 7.97. The Morgan fingerprint density at radius 2 is 1.42 bits per heavy atom. The van der Waals surface area contributed by atoms with Gasteiger partial charge in [0.15, 0.2) is 5.78 Å². The van der Waals surface area contributed by atoms with Crippen molar-refractivity contribution in [2.75, 3.05) is 0 Å². The van der Waals surface area contributed by atoms with Crippen LogP contribution in [0, 0.1) is 0 Å². The molecule has 0 N–H and O–H groups in total. The highest BCUT2D eigenvalue weighted by Gasteiger charge is 2.27. The smallest absolute Gasteiger partial charge is 0.155 e. The van der Waals surface area contributed by atoms with E-state index in [1.807, 2.05) is 13.0 Å². The lowest BCUT2D eigenvalue weighted by Crippen LogP contribution is -2.01. The summed E-state index contributed by atoms with van der Waals surface area (Å²) >= 11 is 0. The van der Waals surface area contributed by atoms with E-state index in [0.717, 1.165) is 12.0 Å². The van der Waals surface area contributed by atoms with Crippen molar-refractivity contribution >= 4 is 11.9 Å². The van der Waals surface area contributed by atoms with Gasteiger partial charge in [-0.15, -0.1) is 0 Å². The quantitative estimate of drug-likeness (QED) is 0.519.